The molecule has 0 saturated heterocycles. The average molecular weight is 324 g/mol. The Kier molecular flexibility index (Phi) is 8.09. The number of rotatable bonds is 11. The predicted octanol–water partition coefficient (Wildman–Crippen LogP) is 5.83. The summed E-state index contributed by atoms with van der Waals surface area (Å²) in [5.41, 5.74) is 3.58. The van der Waals surface area contributed by atoms with Crippen molar-refractivity contribution in [3.05, 3.63) is 54.1 Å². The number of aryl methyl sites for hydroxylation is 1. The Morgan fingerprint density at radius 2 is 1.46 bits per heavy atom. The molecule has 24 heavy (non-hydrogen) atoms. The fourth-order valence-corrected chi connectivity index (χ4v) is 2.73. The number of carbonyl (C=O) groups is 1. The summed E-state index contributed by atoms with van der Waals surface area (Å²) < 4.78 is 5.81. The summed E-state index contributed by atoms with van der Waals surface area (Å²) in [6.07, 6.45) is 8.66. The minimum absolute atomic E-state index is 0.587. The fourth-order valence-electron chi connectivity index (χ4n) is 2.73. The second-order valence-electron chi connectivity index (χ2n) is 6.19. The van der Waals surface area contributed by atoms with E-state index in [2.05, 4.69) is 43.3 Å². The molecule has 0 saturated carbocycles. The molecule has 0 N–H and O–H groups in total. The van der Waals surface area contributed by atoms with Gasteiger partial charge in [0.2, 0.25) is 0 Å². The summed E-state index contributed by atoms with van der Waals surface area (Å²) in [5, 5.41) is 0. The maximum Gasteiger partial charge on any atom is 0.120 e. The second kappa shape index (κ2) is 10.6. The first kappa shape index (κ1) is 18.3. The van der Waals surface area contributed by atoms with Crippen molar-refractivity contribution in [3.8, 4) is 16.9 Å². The van der Waals surface area contributed by atoms with Gasteiger partial charge >= 0.3 is 0 Å². The third kappa shape index (κ3) is 6.19. The summed E-state index contributed by atoms with van der Waals surface area (Å²) in [6.45, 7) is 3.03. The normalized spacial score (nSPS) is 10.5. The first-order valence-electron chi connectivity index (χ1n) is 9.09. The molecule has 0 aliphatic rings. The standard InChI is InChI=1S/C22H28O2/c1-2-3-4-5-6-18-24-22-15-13-21(14-16-22)20-11-9-19(10-12-20)8-7-17-23/h9-17H,2-8,18H2,1H3. The highest BCUT2D eigenvalue weighted by Gasteiger charge is 2.00. The summed E-state index contributed by atoms with van der Waals surface area (Å²) >= 11 is 0. The van der Waals surface area contributed by atoms with E-state index in [-0.39, 0.29) is 0 Å². The van der Waals surface area contributed by atoms with Crippen LogP contribution in [-0.2, 0) is 11.2 Å². The van der Waals surface area contributed by atoms with Crippen molar-refractivity contribution in [1.29, 1.82) is 0 Å². The van der Waals surface area contributed by atoms with Gasteiger partial charge in [-0.15, -0.1) is 0 Å². The van der Waals surface area contributed by atoms with Crippen molar-refractivity contribution in [2.45, 2.75) is 51.9 Å². The number of hydrogen-bond acceptors (Lipinski definition) is 2. The third-order valence-corrected chi connectivity index (χ3v) is 4.21. The van der Waals surface area contributed by atoms with Gasteiger partial charge in [0.05, 0.1) is 6.61 Å². The lowest BCUT2D eigenvalue weighted by Crippen LogP contribution is -1.97. The lowest BCUT2D eigenvalue weighted by Gasteiger charge is -2.08. The zero-order valence-electron chi connectivity index (χ0n) is 14.7. The van der Waals surface area contributed by atoms with Crippen molar-refractivity contribution < 1.29 is 9.53 Å². The molecule has 2 nitrogen and oxygen atoms in total. The first-order valence-corrected chi connectivity index (χ1v) is 9.09. The number of hydrogen-bond donors (Lipinski definition) is 0. The average Bonchev–Trinajstić information content (AvgIpc) is 2.64. The van der Waals surface area contributed by atoms with E-state index in [1.807, 2.05) is 12.1 Å². The van der Waals surface area contributed by atoms with Crippen molar-refractivity contribution in [2.75, 3.05) is 6.61 Å². The molecule has 0 aliphatic carbocycles. The smallest absolute Gasteiger partial charge is 0.120 e. The van der Waals surface area contributed by atoms with E-state index in [4.69, 9.17) is 4.74 Å². The SMILES string of the molecule is CCCCCCCOc1ccc(-c2ccc(CCC=O)cc2)cc1. The lowest BCUT2D eigenvalue weighted by atomic mass is 10.0. The van der Waals surface area contributed by atoms with Crippen LogP contribution in [0.15, 0.2) is 48.5 Å². The number of benzene rings is 2. The van der Waals surface area contributed by atoms with Gasteiger partial charge in [-0.25, -0.2) is 0 Å². The van der Waals surface area contributed by atoms with Crippen LogP contribution >= 0.6 is 0 Å². The molecule has 0 unspecified atom stereocenters. The number of aldehydes is 1. The fraction of sp³-hybridized carbons (Fsp3) is 0.409. The van der Waals surface area contributed by atoms with Gasteiger partial charge in [-0.05, 0) is 41.7 Å². The molecule has 0 heterocycles. The van der Waals surface area contributed by atoms with Crippen LogP contribution < -0.4 is 4.74 Å². The first-order chi connectivity index (χ1) is 11.8. The van der Waals surface area contributed by atoms with Crippen LogP contribution in [0.4, 0.5) is 0 Å². The van der Waals surface area contributed by atoms with E-state index < -0.39 is 0 Å². The highest BCUT2D eigenvalue weighted by Crippen LogP contribution is 2.23. The monoisotopic (exact) mass is 324 g/mol. The van der Waals surface area contributed by atoms with Crippen LogP contribution in [0, 0.1) is 0 Å². The van der Waals surface area contributed by atoms with Crippen molar-refractivity contribution in [3.63, 3.8) is 0 Å². The Morgan fingerprint density at radius 1 is 0.833 bits per heavy atom. The molecule has 0 aliphatic heterocycles. The van der Waals surface area contributed by atoms with E-state index >= 15 is 0 Å². The molecular weight excluding hydrogens is 296 g/mol. The molecule has 128 valence electrons. The summed E-state index contributed by atoms with van der Waals surface area (Å²) in [4.78, 5) is 10.4. The van der Waals surface area contributed by atoms with Gasteiger partial charge < -0.3 is 9.53 Å². The molecule has 0 amide bonds. The van der Waals surface area contributed by atoms with Crippen molar-refractivity contribution in [2.24, 2.45) is 0 Å². The van der Waals surface area contributed by atoms with E-state index in [9.17, 15) is 4.79 Å². The maximum absolute atomic E-state index is 10.4. The predicted molar refractivity (Wildman–Crippen MR) is 101 cm³/mol. The Labute approximate surface area is 145 Å². The Hall–Kier alpha value is -2.09. The zero-order chi connectivity index (χ0) is 17.0. The number of carbonyl (C=O) groups excluding carboxylic acids is 1. The Morgan fingerprint density at radius 3 is 2.08 bits per heavy atom. The number of unbranched alkanes of at least 4 members (excludes halogenated alkanes) is 4. The van der Waals surface area contributed by atoms with Gasteiger partial charge in [0.1, 0.15) is 12.0 Å². The topological polar surface area (TPSA) is 26.3 Å². The second-order valence-corrected chi connectivity index (χ2v) is 6.19. The summed E-state index contributed by atoms with van der Waals surface area (Å²) in [7, 11) is 0. The zero-order valence-corrected chi connectivity index (χ0v) is 14.7. The summed E-state index contributed by atoms with van der Waals surface area (Å²) in [5.74, 6) is 0.942. The van der Waals surface area contributed by atoms with Crippen molar-refractivity contribution in [1.82, 2.24) is 0 Å². The summed E-state index contributed by atoms with van der Waals surface area (Å²) in [6, 6.07) is 16.7. The van der Waals surface area contributed by atoms with Gasteiger partial charge in [0.15, 0.2) is 0 Å². The lowest BCUT2D eigenvalue weighted by molar-refractivity contribution is -0.107. The van der Waals surface area contributed by atoms with Gasteiger partial charge in [-0.3, -0.25) is 0 Å². The molecule has 2 rings (SSSR count). The molecule has 2 aromatic rings. The molecule has 0 aromatic heterocycles. The molecule has 0 fully saturated rings. The van der Waals surface area contributed by atoms with Gasteiger partial charge in [0, 0.05) is 6.42 Å². The minimum Gasteiger partial charge on any atom is -0.494 e. The molecular formula is C22H28O2. The van der Waals surface area contributed by atoms with E-state index in [0.29, 0.717) is 6.42 Å². The molecule has 0 radical (unpaired) electrons. The number of ether oxygens (including phenoxy) is 1. The maximum atomic E-state index is 10.4. The quantitative estimate of drug-likeness (QED) is 0.384. The van der Waals surface area contributed by atoms with Crippen LogP contribution in [0.25, 0.3) is 11.1 Å². The highest BCUT2D eigenvalue weighted by atomic mass is 16.5. The van der Waals surface area contributed by atoms with Gasteiger partial charge in [-0.1, -0.05) is 69.0 Å². The van der Waals surface area contributed by atoms with E-state index in [1.165, 1.54) is 42.4 Å². The minimum atomic E-state index is 0.587. The van der Waals surface area contributed by atoms with Crippen LogP contribution in [0.1, 0.15) is 51.0 Å². The molecule has 2 heteroatoms. The van der Waals surface area contributed by atoms with Crippen LogP contribution in [-0.4, -0.2) is 12.9 Å². The van der Waals surface area contributed by atoms with Crippen molar-refractivity contribution >= 4 is 6.29 Å². The van der Waals surface area contributed by atoms with Gasteiger partial charge in [0.25, 0.3) is 0 Å². The molecule has 2 aromatic carbocycles. The van der Waals surface area contributed by atoms with Crippen LogP contribution in [0.5, 0.6) is 5.75 Å². The van der Waals surface area contributed by atoms with Crippen LogP contribution in [0.3, 0.4) is 0 Å². The third-order valence-electron chi connectivity index (χ3n) is 4.21. The Balaban J connectivity index is 1.81. The molecule has 0 bridgehead atoms. The van der Waals surface area contributed by atoms with E-state index in [1.54, 1.807) is 0 Å². The molecule has 0 spiro atoms. The van der Waals surface area contributed by atoms with E-state index in [0.717, 1.165) is 31.5 Å². The largest absolute Gasteiger partial charge is 0.494 e. The van der Waals surface area contributed by atoms with Gasteiger partial charge in [-0.2, -0.15) is 0 Å². The van der Waals surface area contributed by atoms with Crippen LogP contribution in [0.2, 0.25) is 0 Å². The molecule has 0 atom stereocenters. The Bertz CT molecular complexity index is 584. The highest BCUT2D eigenvalue weighted by molar-refractivity contribution is 5.64.